The zero-order valence-electron chi connectivity index (χ0n) is 13.7. The first-order chi connectivity index (χ1) is 11.7. The molecule has 1 N–H and O–H groups in total. The summed E-state index contributed by atoms with van der Waals surface area (Å²) < 4.78 is 10.6. The van der Waals surface area contributed by atoms with E-state index in [0.717, 1.165) is 24.1 Å². The van der Waals surface area contributed by atoms with Crippen LogP contribution in [0.5, 0.6) is 11.5 Å². The predicted molar refractivity (Wildman–Crippen MR) is 95.8 cm³/mol. The quantitative estimate of drug-likeness (QED) is 0.801. The highest BCUT2D eigenvalue weighted by molar-refractivity contribution is 7.14. The lowest BCUT2D eigenvalue weighted by Crippen LogP contribution is -2.14. The molecule has 6 heteroatoms. The number of thiazole rings is 1. The Labute approximate surface area is 145 Å². The third kappa shape index (κ3) is 3.76. The molecular weight excluding hydrogens is 324 g/mol. The zero-order chi connectivity index (χ0) is 16.9. The van der Waals surface area contributed by atoms with E-state index in [1.165, 1.54) is 11.3 Å². The summed E-state index contributed by atoms with van der Waals surface area (Å²) in [6.07, 6.45) is 6.90. The second-order valence-electron chi connectivity index (χ2n) is 5.63. The van der Waals surface area contributed by atoms with Gasteiger partial charge in [-0.25, -0.2) is 4.98 Å². The molecule has 2 aromatic rings. The number of allylic oxidation sites excluding steroid dienone is 2. The molecule has 1 aliphatic rings. The Morgan fingerprint density at radius 1 is 1.33 bits per heavy atom. The fraction of sp³-hybridized carbons (Fsp3) is 0.333. The monoisotopic (exact) mass is 344 g/mol. The lowest BCUT2D eigenvalue weighted by atomic mass is 10.1. The number of nitrogens with zero attached hydrogens (tertiary/aromatic N) is 1. The molecule has 1 aromatic carbocycles. The molecule has 0 aliphatic heterocycles. The largest absolute Gasteiger partial charge is 0.493 e. The summed E-state index contributed by atoms with van der Waals surface area (Å²) in [6.45, 7) is 0. The van der Waals surface area contributed by atoms with E-state index in [1.807, 2.05) is 23.6 Å². The Morgan fingerprint density at radius 3 is 2.88 bits per heavy atom. The van der Waals surface area contributed by atoms with Crippen LogP contribution >= 0.6 is 11.3 Å². The third-order valence-corrected chi connectivity index (χ3v) is 4.75. The van der Waals surface area contributed by atoms with E-state index < -0.39 is 0 Å². The maximum atomic E-state index is 12.1. The van der Waals surface area contributed by atoms with Crippen LogP contribution in [-0.2, 0) is 4.79 Å². The van der Waals surface area contributed by atoms with Gasteiger partial charge in [0.1, 0.15) is 0 Å². The van der Waals surface area contributed by atoms with Crippen molar-refractivity contribution in [2.45, 2.75) is 19.3 Å². The molecule has 0 saturated heterocycles. The number of methoxy groups -OCH3 is 2. The number of amides is 1. The van der Waals surface area contributed by atoms with Crippen LogP contribution in [0.2, 0.25) is 0 Å². The molecular formula is C18H20N2O3S. The lowest BCUT2D eigenvalue weighted by molar-refractivity contribution is -0.116. The van der Waals surface area contributed by atoms with Gasteiger partial charge in [-0.15, -0.1) is 11.3 Å². The number of benzene rings is 1. The van der Waals surface area contributed by atoms with E-state index >= 15 is 0 Å². The summed E-state index contributed by atoms with van der Waals surface area (Å²) >= 11 is 1.42. The number of hydrogen-bond acceptors (Lipinski definition) is 5. The Kier molecular flexibility index (Phi) is 5.15. The number of carbonyl (C=O) groups is 1. The molecule has 0 radical (unpaired) electrons. The first-order valence-electron chi connectivity index (χ1n) is 7.84. The Bertz CT molecular complexity index is 754. The molecule has 1 unspecified atom stereocenters. The smallest absolute Gasteiger partial charge is 0.226 e. The van der Waals surface area contributed by atoms with Crippen LogP contribution < -0.4 is 14.8 Å². The van der Waals surface area contributed by atoms with Crippen molar-refractivity contribution < 1.29 is 14.3 Å². The normalized spacial score (nSPS) is 16.2. The molecule has 1 aromatic heterocycles. The van der Waals surface area contributed by atoms with Gasteiger partial charge in [-0.1, -0.05) is 12.2 Å². The van der Waals surface area contributed by atoms with Crippen molar-refractivity contribution >= 4 is 22.4 Å². The molecule has 3 rings (SSSR count). The SMILES string of the molecule is COc1ccc(-c2csc(NC(=O)CC3C=CCC3)n2)cc1OC. The summed E-state index contributed by atoms with van der Waals surface area (Å²) in [6, 6.07) is 5.65. The fourth-order valence-corrected chi connectivity index (χ4v) is 3.47. The van der Waals surface area contributed by atoms with Gasteiger partial charge in [0, 0.05) is 17.4 Å². The minimum Gasteiger partial charge on any atom is -0.493 e. The van der Waals surface area contributed by atoms with E-state index in [-0.39, 0.29) is 5.91 Å². The summed E-state index contributed by atoms with van der Waals surface area (Å²) in [5.41, 5.74) is 1.72. The van der Waals surface area contributed by atoms with Gasteiger partial charge in [0.15, 0.2) is 16.6 Å². The van der Waals surface area contributed by atoms with Crippen LogP contribution in [0, 0.1) is 5.92 Å². The summed E-state index contributed by atoms with van der Waals surface area (Å²) in [5.74, 6) is 1.70. The molecule has 126 valence electrons. The first-order valence-corrected chi connectivity index (χ1v) is 8.72. The molecule has 1 amide bonds. The highest BCUT2D eigenvalue weighted by atomic mass is 32.1. The minimum atomic E-state index is 0.0137. The maximum Gasteiger partial charge on any atom is 0.226 e. The average molecular weight is 344 g/mol. The number of rotatable bonds is 6. The van der Waals surface area contributed by atoms with Crippen molar-refractivity contribution in [1.82, 2.24) is 4.98 Å². The van der Waals surface area contributed by atoms with Gasteiger partial charge in [-0.05, 0) is 37.0 Å². The molecule has 24 heavy (non-hydrogen) atoms. The number of anilines is 1. The van der Waals surface area contributed by atoms with Gasteiger partial charge >= 0.3 is 0 Å². The lowest BCUT2D eigenvalue weighted by Gasteiger charge is -2.08. The van der Waals surface area contributed by atoms with Crippen molar-refractivity contribution in [1.29, 1.82) is 0 Å². The molecule has 1 heterocycles. The molecule has 5 nitrogen and oxygen atoms in total. The van der Waals surface area contributed by atoms with E-state index in [0.29, 0.717) is 29.0 Å². The summed E-state index contributed by atoms with van der Waals surface area (Å²) in [5, 5.41) is 5.43. The maximum absolute atomic E-state index is 12.1. The molecule has 1 aliphatic carbocycles. The van der Waals surface area contributed by atoms with Gasteiger partial charge in [-0.3, -0.25) is 4.79 Å². The van der Waals surface area contributed by atoms with E-state index in [9.17, 15) is 4.79 Å². The molecule has 0 bridgehead atoms. The molecule has 0 spiro atoms. The average Bonchev–Trinajstić information content (AvgIpc) is 3.26. The van der Waals surface area contributed by atoms with E-state index in [1.54, 1.807) is 14.2 Å². The third-order valence-electron chi connectivity index (χ3n) is 3.99. The summed E-state index contributed by atoms with van der Waals surface area (Å²) in [4.78, 5) is 16.6. The van der Waals surface area contributed by atoms with Gasteiger partial charge in [0.2, 0.25) is 5.91 Å². The Morgan fingerprint density at radius 2 is 2.17 bits per heavy atom. The van der Waals surface area contributed by atoms with Gasteiger partial charge in [-0.2, -0.15) is 0 Å². The van der Waals surface area contributed by atoms with Crippen molar-refractivity contribution in [3.63, 3.8) is 0 Å². The van der Waals surface area contributed by atoms with Crippen LogP contribution in [0.3, 0.4) is 0 Å². The fourth-order valence-electron chi connectivity index (χ4n) is 2.73. The van der Waals surface area contributed by atoms with Crippen molar-refractivity contribution in [2.75, 3.05) is 19.5 Å². The predicted octanol–water partition coefficient (Wildman–Crippen LogP) is 4.12. The van der Waals surface area contributed by atoms with Gasteiger partial charge in [0.25, 0.3) is 0 Å². The van der Waals surface area contributed by atoms with Crippen LogP contribution in [0.1, 0.15) is 19.3 Å². The van der Waals surface area contributed by atoms with Crippen LogP contribution in [-0.4, -0.2) is 25.1 Å². The zero-order valence-corrected chi connectivity index (χ0v) is 14.6. The second kappa shape index (κ2) is 7.49. The minimum absolute atomic E-state index is 0.0137. The molecule has 1 atom stereocenters. The van der Waals surface area contributed by atoms with E-state index in [2.05, 4.69) is 22.5 Å². The van der Waals surface area contributed by atoms with Crippen molar-refractivity contribution in [3.05, 3.63) is 35.7 Å². The number of nitrogens with one attached hydrogen (secondary N) is 1. The first kappa shape index (κ1) is 16.5. The van der Waals surface area contributed by atoms with Gasteiger partial charge in [0.05, 0.1) is 19.9 Å². The molecule has 0 saturated carbocycles. The van der Waals surface area contributed by atoms with Gasteiger partial charge < -0.3 is 14.8 Å². The van der Waals surface area contributed by atoms with Crippen LogP contribution in [0.15, 0.2) is 35.7 Å². The van der Waals surface area contributed by atoms with Crippen LogP contribution in [0.25, 0.3) is 11.3 Å². The second-order valence-corrected chi connectivity index (χ2v) is 6.48. The number of aromatic nitrogens is 1. The van der Waals surface area contributed by atoms with Crippen LogP contribution in [0.4, 0.5) is 5.13 Å². The standard InChI is InChI=1S/C18H20N2O3S/c1-22-15-8-7-13(10-16(15)23-2)14-11-24-18(19-14)20-17(21)9-12-5-3-4-6-12/h3,5,7-8,10-12H,4,6,9H2,1-2H3,(H,19,20,21). The highest BCUT2D eigenvalue weighted by Crippen LogP contribution is 2.33. The number of ether oxygens (including phenoxy) is 2. The number of carbonyl (C=O) groups excluding carboxylic acids is 1. The Balaban J connectivity index is 1.68. The highest BCUT2D eigenvalue weighted by Gasteiger charge is 2.15. The topological polar surface area (TPSA) is 60.5 Å². The van der Waals surface area contributed by atoms with Crippen molar-refractivity contribution in [2.24, 2.45) is 5.92 Å². The number of hydrogen-bond donors (Lipinski definition) is 1. The Hall–Kier alpha value is -2.34. The molecule has 0 fully saturated rings. The summed E-state index contributed by atoms with van der Waals surface area (Å²) in [7, 11) is 3.21. The van der Waals surface area contributed by atoms with E-state index in [4.69, 9.17) is 9.47 Å². The van der Waals surface area contributed by atoms with Crippen molar-refractivity contribution in [3.8, 4) is 22.8 Å².